The molecule has 1 saturated heterocycles. The van der Waals surface area contributed by atoms with Crippen LogP contribution in [0.4, 0.5) is 0 Å². The van der Waals surface area contributed by atoms with Crippen molar-refractivity contribution in [1.29, 1.82) is 0 Å². The third-order valence-corrected chi connectivity index (χ3v) is 4.77. The van der Waals surface area contributed by atoms with Gasteiger partial charge in [-0.15, -0.1) is 0 Å². The van der Waals surface area contributed by atoms with Gasteiger partial charge in [-0.05, 0) is 30.9 Å². The quantitative estimate of drug-likeness (QED) is 0.889. The second-order valence-electron chi connectivity index (χ2n) is 5.36. The van der Waals surface area contributed by atoms with E-state index in [1.54, 1.807) is 4.90 Å². The fourth-order valence-corrected chi connectivity index (χ4v) is 3.30. The molecule has 1 amide bonds. The number of furan rings is 1. The van der Waals surface area contributed by atoms with Crippen LogP contribution in [0, 0.1) is 5.92 Å². The normalized spacial score (nSPS) is 17.7. The number of carbonyl (C=O) groups excluding carboxylic acids is 1. The van der Waals surface area contributed by atoms with Crippen LogP contribution in [0.1, 0.15) is 36.1 Å². The van der Waals surface area contributed by atoms with Gasteiger partial charge in [0.05, 0.1) is 5.75 Å². The van der Waals surface area contributed by atoms with Crippen LogP contribution in [-0.4, -0.2) is 44.9 Å². The maximum Gasteiger partial charge on any atom is 0.371 e. The monoisotopic (exact) mass is 313 g/mol. The number of likely N-dealkylation sites (tertiary alicyclic amines) is 1. The minimum Gasteiger partial charge on any atom is -0.475 e. The number of rotatable bonds is 5. The van der Waals surface area contributed by atoms with Crippen molar-refractivity contribution >= 4 is 22.7 Å². The summed E-state index contributed by atoms with van der Waals surface area (Å²) in [6, 6.07) is 2.80. The molecule has 1 aliphatic rings. The molecule has 1 aromatic rings. The molecule has 0 aliphatic carbocycles. The Bertz CT molecular complexity index is 545. The van der Waals surface area contributed by atoms with Gasteiger partial charge in [-0.1, -0.05) is 6.92 Å². The third kappa shape index (κ3) is 4.42. The van der Waals surface area contributed by atoms with E-state index in [4.69, 9.17) is 9.52 Å². The van der Waals surface area contributed by atoms with E-state index in [1.807, 2.05) is 0 Å². The molecule has 1 fully saturated rings. The summed E-state index contributed by atoms with van der Waals surface area (Å²) in [4.78, 5) is 24.5. The lowest BCUT2D eigenvalue weighted by atomic mass is 9.99. The summed E-state index contributed by atoms with van der Waals surface area (Å²) in [5, 5.41) is 8.74. The minimum absolute atomic E-state index is 0.0442. The molecule has 1 unspecified atom stereocenters. The Kier molecular flexibility index (Phi) is 5.17. The summed E-state index contributed by atoms with van der Waals surface area (Å²) < 4.78 is 17.0. The Balaban J connectivity index is 1.83. The number of carboxylic acid groups (broad SMARTS) is 1. The number of carbonyl (C=O) groups is 2. The van der Waals surface area contributed by atoms with Crippen molar-refractivity contribution in [3.05, 3.63) is 23.7 Å². The van der Waals surface area contributed by atoms with Gasteiger partial charge in [0.15, 0.2) is 0 Å². The molecular weight excluding hydrogens is 294 g/mol. The van der Waals surface area contributed by atoms with Crippen LogP contribution in [0.25, 0.3) is 0 Å². The smallest absolute Gasteiger partial charge is 0.371 e. The van der Waals surface area contributed by atoms with E-state index in [0.717, 1.165) is 25.9 Å². The summed E-state index contributed by atoms with van der Waals surface area (Å²) in [6.07, 6.45) is 1.97. The van der Waals surface area contributed by atoms with Crippen LogP contribution in [0.2, 0.25) is 0 Å². The average Bonchev–Trinajstić information content (AvgIpc) is 2.87. The summed E-state index contributed by atoms with van der Waals surface area (Å²) in [5.41, 5.74) is 0. The summed E-state index contributed by atoms with van der Waals surface area (Å²) >= 11 is 0. The fourth-order valence-electron chi connectivity index (χ4n) is 2.27. The molecule has 2 heterocycles. The Morgan fingerprint density at radius 2 is 2.05 bits per heavy atom. The first-order valence-corrected chi connectivity index (χ1v) is 8.39. The lowest BCUT2D eigenvalue weighted by Crippen LogP contribution is -2.40. The molecule has 0 spiro atoms. The van der Waals surface area contributed by atoms with Crippen molar-refractivity contribution < 1.29 is 23.3 Å². The van der Waals surface area contributed by atoms with Gasteiger partial charge in [0.1, 0.15) is 11.5 Å². The number of piperidine rings is 1. The van der Waals surface area contributed by atoms with E-state index in [9.17, 15) is 13.8 Å². The van der Waals surface area contributed by atoms with Gasteiger partial charge in [0.25, 0.3) is 0 Å². The number of hydrogen-bond donors (Lipinski definition) is 1. The highest BCUT2D eigenvalue weighted by Crippen LogP contribution is 2.16. The van der Waals surface area contributed by atoms with Gasteiger partial charge in [-0.3, -0.25) is 9.00 Å². The number of carboxylic acids is 1. The second-order valence-corrected chi connectivity index (χ2v) is 6.82. The first kappa shape index (κ1) is 15.8. The minimum atomic E-state index is -1.39. The van der Waals surface area contributed by atoms with E-state index in [1.165, 1.54) is 12.1 Å². The molecule has 7 heteroatoms. The molecule has 116 valence electrons. The first-order valence-electron chi connectivity index (χ1n) is 6.90. The summed E-state index contributed by atoms with van der Waals surface area (Å²) in [6.45, 7) is 3.61. The average molecular weight is 313 g/mol. The topological polar surface area (TPSA) is 87.8 Å². The molecule has 0 radical (unpaired) electrons. The summed E-state index contributed by atoms with van der Waals surface area (Å²) in [7, 11) is -1.39. The molecule has 0 bridgehead atoms. The van der Waals surface area contributed by atoms with E-state index in [-0.39, 0.29) is 23.2 Å². The van der Waals surface area contributed by atoms with Crippen LogP contribution in [0.5, 0.6) is 0 Å². The Morgan fingerprint density at radius 3 is 2.62 bits per heavy atom. The molecule has 1 atom stereocenters. The van der Waals surface area contributed by atoms with Crippen LogP contribution in [0.3, 0.4) is 0 Å². The van der Waals surface area contributed by atoms with Crippen LogP contribution >= 0.6 is 0 Å². The highest BCUT2D eigenvalue weighted by molar-refractivity contribution is 7.84. The molecule has 1 aromatic heterocycles. The number of aromatic carboxylic acids is 1. The van der Waals surface area contributed by atoms with Gasteiger partial charge < -0.3 is 14.4 Å². The molecule has 2 rings (SSSR count). The van der Waals surface area contributed by atoms with Crippen LogP contribution in [0.15, 0.2) is 16.5 Å². The van der Waals surface area contributed by atoms with Crippen LogP contribution < -0.4 is 0 Å². The third-order valence-electron chi connectivity index (χ3n) is 3.60. The largest absolute Gasteiger partial charge is 0.475 e. The van der Waals surface area contributed by atoms with Crippen LogP contribution in [-0.2, 0) is 21.3 Å². The highest BCUT2D eigenvalue weighted by atomic mass is 32.2. The Labute approximate surface area is 125 Å². The fraction of sp³-hybridized carbons (Fsp3) is 0.571. The van der Waals surface area contributed by atoms with Crippen molar-refractivity contribution in [2.75, 3.05) is 18.8 Å². The zero-order valence-electron chi connectivity index (χ0n) is 11.9. The number of hydrogen-bond acceptors (Lipinski definition) is 4. The number of amides is 1. The predicted molar refractivity (Wildman–Crippen MR) is 77.4 cm³/mol. The Morgan fingerprint density at radius 1 is 1.38 bits per heavy atom. The van der Waals surface area contributed by atoms with Gasteiger partial charge in [-0.25, -0.2) is 4.79 Å². The molecule has 21 heavy (non-hydrogen) atoms. The number of nitrogens with zero attached hydrogens (tertiary/aromatic N) is 1. The highest BCUT2D eigenvalue weighted by Gasteiger charge is 2.22. The second kappa shape index (κ2) is 6.89. The molecule has 0 saturated carbocycles. The molecule has 6 nitrogen and oxygen atoms in total. The van der Waals surface area contributed by atoms with E-state index in [0.29, 0.717) is 11.7 Å². The van der Waals surface area contributed by atoms with Gasteiger partial charge in [0.2, 0.25) is 11.7 Å². The van der Waals surface area contributed by atoms with Gasteiger partial charge >= 0.3 is 5.97 Å². The maximum absolute atomic E-state index is 12.0. The lowest BCUT2D eigenvalue weighted by Gasteiger charge is -2.30. The standard InChI is InChI=1S/C14H19NO5S/c1-10-4-6-15(7-5-10)13(16)9-21(19)8-11-2-3-12(20-11)14(17)18/h2-3,10H,4-9H2,1H3,(H,17,18). The zero-order valence-corrected chi connectivity index (χ0v) is 12.7. The van der Waals surface area contributed by atoms with Crippen molar-refractivity contribution in [2.45, 2.75) is 25.5 Å². The van der Waals surface area contributed by atoms with E-state index < -0.39 is 16.8 Å². The van der Waals surface area contributed by atoms with Crippen molar-refractivity contribution in [2.24, 2.45) is 5.92 Å². The molecule has 1 aliphatic heterocycles. The molecule has 1 N–H and O–H groups in total. The summed E-state index contributed by atoms with van der Waals surface area (Å²) in [5.74, 6) is -0.474. The Hall–Kier alpha value is -1.63. The van der Waals surface area contributed by atoms with Gasteiger partial charge in [-0.2, -0.15) is 0 Å². The maximum atomic E-state index is 12.0. The molecule has 0 aromatic carbocycles. The van der Waals surface area contributed by atoms with Gasteiger partial charge in [0, 0.05) is 23.9 Å². The van der Waals surface area contributed by atoms with Crippen molar-refractivity contribution in [1.82, 2.24) is 4.90 Å². The van der Waals surface area contributed by atoms with Crippen molar-refractivity contribution in [3.8, 4) is 0 Å². The first-order chi connectivity index (χ1) is 9.95. The van der Waals surface area contributed by atoms with E-state index >= 15 is 0 Å². The molecular formula is C14H19NO5S. The van der Waals surface area contributed by atoms with Crippen molar-refractivity contribution in [3.63, 3.8) is 0 Å². The predicted octanol–water partition coefficient (Wildman–Crippen LogP) is 1.49. The lowest BCUT2D eigenvalue weighted by molar-refractivity contribution is -0.129. The van der Waals surface area contributed by atoms with E-state index in [2.05, 4.69) is 6.92 Å². The SMILES string of the molecule is CC1CCN(C(=O)CS(=O)Cc2ccc(C(=O)O)o2)CC1. The zero-order chi connectivity index (χ0) is 15.4.